The molecule has 0 saturated carbocycles. The topological polar surface area (TPSA) is 91.0 Å². The van der Waals surface area contributed by atoms with Crippen molar-refractivity contribution in [2.45, 2.75) is 0 Å². The Morgan fingerprint density at radius 1 is 0.947 bits per heavy atom. The quantitative estimate of drug-likeness (QED) is 0.501. The Morgan fingerprint density at radius 3 is 2.26 bits per heavy atom. The van der Waals surface area contributed by atoms with Gasteiger partial charge in [-0.25, -0.2) is 4.79 Å². The lowest BCUT2D eigenvalue weighted by atomic mass is 10.2. The van der Waals surface area contributed by atoms with Crippen LogP contribution in [-0.4, -0.2) is 11.9 Å². The number of benzene rings is 2. The molecule has 2 rings (SSSR count). The Bertz CT molecular complexity index is 595. The summed E-state index contributed by atoms with van der Waals surface area (Å²) in [7, 11) is 0. The molecule has 96 valence electrons. The third kappa shape index (κ3) is 3.57. The van der Waals surface area contributed by atoms with E-state index in [1.807, 2.05) is 18.2 Å². The molecular weight excluding hydrogens is 240 g/mol. The van der Waals surface area contributed by atoms with Crippen LogP contribution in [0.3, 0.4) is 0 Å². The average Bonchev–Trinajstić information content (AvgIpc) is 2.40. The summed E-state index contributed by atoms with van der Waals surface area (Å²) in [6.45, 7) is 0. The van der Waals surface area contributed by atoms with Crippen molar-refractivity contribution in [3.63, 3.8) is 0 Å². The van der Waals surface area contributed by atoms with Crippen molar-refractivity contribution >= 4 is 23.2 Å². The largest absolute Gasteiger partial charge is 0.384 e. The zero-order chi connectivity index (χ0) is 13.7. The summed E-state index contributed by atoms with van der Waals surface area (Å²) in [4.78, 5) is 11.8. The van der Waals surface area contributed by atoms with E-state index in [4.69, 9.17) is 11.1 Å². The number of carbonyl (C=O) groups is 1. The highest BCUT2D eigenvalue weighted by molar-refractivity contribution is 6.01. The van der Waals surface area contributed by atoms with Crippen LogP contribution in [0.5, 0.6) is 0 Å². The monoisotopic (exact) mass is 254 g/mol. The number of carbonyl (C=O) groups excluding carboxylic acids is 1. The summed E-state index contributed by atoms with van der Waals surface area (Å²) in [5, 5.41) is 12.7. The van der Waals surface area contributed by atoms with E-state index in [0.29, 0.717) is 16.9 Å². The van der Waals surface area contributed by atoms with Gasteiger partial charge in [-0.1, -0.05) is 30.3 Å². The van der Waals surface area contributed by atoms with E-state index in [0.717, 1.165) is 0 Å². The smallest absolute Gasteiger partial charge is 0.323 e. The fourth-order valence-corrected chi connectivity index (χ4v) is 1.58. The number of nitrogens with one attached hydrogen (secondary N) is 3. The number of urea groups is 1. The number of rotatable bonds is 3. The second-order valence-electron chi connectivity index (χ2n) is 3.94. The molecule has 0 bridgehead atoms. The molecule has 0 aliphatic carbocycles. The minimum Gasteiger partial charge on any atom is -0.384 e. The van der Waals surface area contributed by atoms with Gasteiger partial charge in [-0.05, 0) is 24.3 Å². The summed E-state index contributed by atoms with van der Waals surface area (Å²) in [6, 6.07) is 15.6. The van der Waals surface area contributed by atoms with Crippen molar-refractivity contribution in [1.82, 2.24) is 0 Å². The van der Waals surface area contributed by atoms with E-state index in [1.54, 1.807) is 36.4 Å². The molecule has 0 heterocycles. The minimum atomic E-state index is -0.341. The number of hydrogen-bond donors (Lipinski definition) is 4. The van der Waals surface area contributed by atoms with Gasteiger partial charge in [0.2, 0.25) is 0 Å². The summed E-state index contributed by atoms with van der Waals surface area (Å²) in [5.74, 6) is -0.0351. The van der Waals surface area contributed by atoms with Crippen molar-refractivity contribution < 1.29 is 4.79 Å². The van der Waals surface area contributed by atoms with Crippen LogP contribution in [0, 0.1) is 5.41 Å². The molecule has 19 heavy (non-hydrogen) atoms. The standard InChI is InChI=1S/C14H14N4O/c15-13(16)10-5-4-8-12(9-10)18-14(19)17-11-6-2-1-3-7-11/h1-9H,(H3,15,16)(H2,17,18,19). The Balaban J connectivity index is 2.03. The van der Waals surface area contributed by atoms with E-state index >= 15 is 0 Å². The van der Waals surface area contributed by atoms with E-state index in [1.165, 1.54) is 0 Å². The Hall–Kier alpha value is -2.82. The first kappa shape index (κ1) is 12.6. The molecule has 0 unspecified atom stereocenters. The molecule has 0 aromatic heterocycles. The number of nitrogens with two attached hydrogens (primary N) is 1. The second kappa shape index (κ2) is 5.68. The highest BCUT2D eigenvalue weighted by Gasteiger charge is 2.03. The molecule has 2 aromatic carbocycles. The van der Waals surface area contributed by atoms with E-state index < -0.39 is 0 Å². The lowest BCUT2D eigenvalue weighted by Crippen LogP contribution is -2.20. The molecule has 0 aliphatic heterocycles. The van der Waals surface area contributed by atoms with Crippen LogP contribution in [0.25, 0.3) is 0 Å². The normalized spacial score (nSPS) is 9.68. The Morgan fingerprint density at radius 2 is 1.58 bits per heavy atom. The molecule has 0 saturated heterocycles. The summed E-state index contributed by atoms with van der Waals surface area (Å²) in [6.07, 6.45) is 0. The summed E-state index contributed by atoms with van der Waals surface area (Å²) in [5.41, 5.74) is 7.25. The molecule has 0 atom stereocenters. The van der Waals surface area contributed by atoms with Gasteiger partial charge >= 0.3 is 6.03 Å². The molecule has 5 nitrogen and oxygen atoms in total. The highest BCUT2D eigenvalue weighted by atomic mass is 16.2. The van der Waals surface area contributed by atoms with Gasteiger partial charge in [-0.15, -0.1) is 0 Å². The molecule has 5 N–H and O–H groups in total. The second-order valence-corrected chi connectivity index (χ2v) is 3.94. The molecular formula is C14H14N4O. The third-order valence-corrected chi connectivity index (χ3v) is 2.46. The van der Waals surface area contributed by atoms with Crippen molar-refractivity contribution in [3.05, 3.63) is 60.2 Å². The Kier molecular flexibility index (Phi) is 3.78. The predicted molar refractivity (Wildman–Crippen MR) is 76.5 cm³/mol. The van der Waals surface area contributed by atoms with Crippen LogP contribution in [0.15, 0.2) is 54.6 Å². The van der Waals surface area contributed by atoms with E-state index in [2.05, 4.69) is 10.6 Å². The fourth-order valence-electron chi connectivity index (χ4n) is 1.58. The van der Waals surface area contributed by atoms with Crippen LogP contribution in [0.4, 0.5) is 16.2 Å². The molecule has 0 aliphatic rings. The zero-order valence-corrected chi connectivity index (χ0v) is 10.2. The lowest BCUT2D eigenvalue weighted by molar-refractivity contribution is 0.262. The molecule has 0 fully saturated rings. The number of nitrogen functional groups attached to an aromatic ring is 1. The number of para-hydroxylation sites is 1. The van der Waals surface area contributed by atoms with Crippen molar-refractivity contribution in [1.29, 1.82) is 5.41 Å². The molecule has 0 radical (unpaired) electrons. The fraction of sp³-hybridized carbons (Fsp3) is 0. The lowest BCUT2D eigenvalue weighted by Gasteiger charge is -2.08. The summed E-state index contributed by atoms with van der Waals surface area (Å²) < 4.78 is 0. The Labute approximate surface area is 111 Å². The minimum absolute atomic E-state index is 0.0351. The predicted octanol–water partition coefficient (Wildman–Crippen LogP) is 2.61. The number of amidine groups is 1. The van der Waals surface area contributed by atoms with Gasteiger partial charge in [-0.3, -0.25) is 5.41 Å². The van der Waals surface area contributed by atoms with Gasteiger partial charge in [-0.2, -0.15) is 0 Å². The third-order valence-electron chi connectivity index (χ3n) is 2.46. The highest BCUT2D eigenvalue weighted by Crippen LogP contribution is 2.11. The number of amides is 2. The SMILES string of the molecule is N=C(N)c1cccc(NC(=O)Nc2ccccc2)c1. The van der Waals surface area contributed by atoms with Gasteiger partial charge in [0.25, 0.3) is 0 Å². The van der Waals surface area contributed by atoms with Crippen molar-refractivity contribution in [2.24, 2.45) is 5.73 Å². The van der Waals surface area contributed by atoms with Crippen LogP contribution < -0.4 is 16.4 Å². The summed E-state index contributed by atoms with van der Waals surface area (Å²) >= 11 is 0. The van der Waals surface area contributed by atoms with E-state index in [9.17, 15) is 4.79 Å². The van der Waals surface area contributed by atoms with Gasteiger partial charge in [0.1, 0.15) is 5.84 Å². The van der Waals surface area contributed by atoms with Gasteiger partial charge < -0.3 is 16.4 Å². The first-order valence-corrected chi connectivity index (χ1v) is 5.72. The van der Waals surface area contributed by atoms with Crippen LogP contribution in [-0.2, 0) is 0 Å². The van der Waals surface area contributed by atoms with Gasteiger partial charge in [0, 0.05) is 16.9 Å². The molecule has 0 spiro atoms. The zero-order valence-electron chi connectivity index (χ0n) is 10.2. The van der Waals surface area contributed by atoms with Crippen molar-refractivity contribution in [3.8, 4) is 0 Å². The number of hydrogen-bond acceptors (Lipinski definition) is 2. The maximum atomic E-state index is 11.8. The van der Waals surface area contributed by atoms with Gasteiger partial charge in [0.05, 0.1) is 0 Å². The maximum Gasteiger partial charge on any atom is 0.323 e. The molecule has 2 aromatic rings. The van der Waals surface area contributed by atoms with E-state index in [-0.39, 0.29) is 11.9 Å². The first-order chi connectivity index (χ1) is 9.15. The van der Waals surface area contributed by atoms with Crippen LogP contribution in [0.1, 0.15) is 5.56 Å². The van der Waals surface area contributed by atoms with Gasteiger partial charge in [0.15, 0.2) is 0 Å². The van der Waals surface area contributed by atoms with Crippen molar-refractivity contribution in [2.75, 3.05) is 10.6 Å². The molecule has 2 amide bonds. The molecule has 5 heteroatoms. The number of anilines is 2. The maximum absolute atomic E-state index is 11.8. The average molecular weight is 254 g/mol. The first-order valence-electron chi connectivity index (χ1n) is 5.72. The van der Waals surface area contributed by atoms with Crippen LogP contribution in [0.2, 0.25) is 0 Å². The van der Waals surface area contributed by atoms with Crippen LogP contribution >= 0.6 is 0 Å².